The molecule has 2 aromatic carbocycles. The van der Waals surface area contributed by atoms with Gasteiger partial charge in [-0.15, -0.1) is 0 Å². The maximum absolute atomic E-state index is 13.7. The molecule has 4 bridgehead atoms. The third-order valence-electron chi connectivity index (χ3n) is 7.85. The molecular formula is C26H31ClN2O3S. The Morgan fingerprint density at radius 2 is 1.58 bits per heavy atom. The number of nitrogens with one attached hydrogen (secondary N) is 1. The molecule has 176 valence electrons. The van der Waals surface area contributed by atoms with Crippen molar-refractivity contribution in [3.05, 3.63) is 58.6 Å². The molecular weight excluding hydrogens is 456 g/mol. The van der Waals surface area contributed by atoms with E-state index in [-0.39, 0.29) is 22.9 Å². The lowest BCUT2D eigenvalue weighted by Gasteiger charge is -2.57. The van der Waals surface area contributed by atoms with E-state index in [4.69, 9.17) is 11.6 Å². The maximum atomic E-state index is 13.7. The predicted octanol–water partition coefficient (Wildman–Crippen LogP) is 5.24. The molecule has 4 fully saturated rings. The van der Waals surface area contributed by atoms with Crippen molar-refractivity contribution < 1.29 is 13.2 Å². The first-order valence-electron chi connectivity index (χ1n) is 11.8. The second kappa shape index (κ2) is 8.31. The molecule has 0 spiro atoms. The van der Waals surface area contributed by atoms with Gasteiger partial charge in [0, 0.05) is 10.6 Å². The minimum absolute atomic E-state index is 0.162. The van der Waals surface area contributed by atoms with Gasteiger partial charge in [-0.1, -0.05) is 35.4 Å². The Kier molecular flexibility index (Phi) is 5.73. The van der Waals surface area contributed by atoms with Crippen molar-refractivity contribution in [2.45, 2.75) is 62.8 Å². The molecule has 6 rings (SSSR count). The van der Waals surface area contributed by atoms with E-state index in [2.05, 4.69) is 5.32 Å². The van der Waals surface area contributed by atoms with E-state index in [1.54, 1.807) is 49.4 Å². The van der Waals surface area contributed by atoms with Gasteiger partial charge < -0.3 is 5.32 Å². The number of carbonyl (C=O) groups excluding carboxylic acids is 1. The van der Waals surface area contributed by atoms with Crippen LogP contribution < -0.4 is 9.62 Å². The van der Waals surface area contributed by atoms with Gasteiger partial charge in [0.15, 0.2) is 0 Å². The lowest BCUT2D eigenvalue weighted by atomic mass is 9.53. The Bertz CT molecular complexity index is 1140. The van der Waals surface area contributed by atoms with Crippen LogP contribution >= 0.6 is 11.6 Å². The molecule has 1 N–H and O–H groups in total. The minimum Gasteiger partial charge on any atom is -0.349 e. The van der Waals surface area contributed by atoms with Gasteiger partial charge >= 0.3 is 0 Å². The molecule has 5 nitrogen and oxygen atoms in total. The topological polar surface area (TPSA) is 66.5 Å². The highest BCUT2D eigenvalue weighted by molar-refractivity contribution is 7.92. The van der Waals surface area contributed by atoms with Crippen molar-refractivity contribution in [3.63, 3.8) is 0 Å². The number of hydrogen-bond donors (Lipinski definition) is 1. The summed E-state index contributed by atoms with van der Waals surface area (Å²) in [5, 5.41) is 3.78. The fourth-order valence-electron chi connectivity index (χ4n) is 6.73. The fourth-order valence-corrected chi connectivity index (χ4v) is 8.38. The van der Waals surface area contributed by atoms with E-state index in [0.29, 0.717) is 34.0 Å². The fraction of sp³-hybridized carbons (Fsp3) is 0.500. The molecule has 1 amide bonds. The number of anilines is 1. The van der Waals surface area contributed by atoms with Crippen LogP contribution in [-0.2, 0) is 14.8 Å². The number of carbonyl (C=O) groups is 1. The number of sulfonamides is 1. The maximum Gasteiger partial charge on any atom is 0.264 e. The molecule has 33 heavy (non-hydrogen) atoms. The van der Waals surface area contributed by atoms with E-state index in [0.717, 1.165) is 24.8 Å². The quantitative estimate of drug-likeness (QED) is 0.607. The van der Waals surface area contributed by atoms with Crippen LogP contribution in [0.4, 0.5) is 5.69 Å². The van der Waals surface area contributed by atoms with Crippen LogP contribution in [0.15, 0.2) is 47.4 Å². The van der Waals surface area contributed by atoms with Crippen molar-refractivity contribution in [2.75, 3.05) is 10.8 Å². The lowest BCUT2D eigenvalue weighted by molar-refractivity contribution is -0.125. The first-order chi connectivity index (χ1) is 15.6. The summed E-state index contributed by atoms with van der Waals surface area (Å²) in [7, 11) is -3.96. The molecule has 4 aliphatic rings. The van der Waals surface area contributed by atoms with E-state index < -0.39 is 10.0 Å². The van der Waals surface area contributed by atoms with Crippen molar-refractivity contribution in [3.8, 4) is 0 Å². The summed E-state index contributed by atoms with van der Waals surface area (Å²) in [4.78, 5) is 13.6. The molecule has 0 aromatic heterocycles. The predicted molar refractivity (Wildman–Crippen MR) is 131 cm³/mol. The van der Waals surface area contributed by atoms with Gasteiger partial charge in [-0.25, -0.2) is 8.42 Å². The molecule has 0 radical (unpaired) electrons. The van der Waals surface area contributed by atoms with Crippen LogP contribution in [0, 0.1) is 31.6 Å². The minimum atomic E-state index is -3.96. The highest BCUT2D eigenvalue weighted by Crippen LogP contribution is 2.55. The number of benzene rings is 2. The Morgan fingerprint density at radius 3 is 2.15 bits per heavy atom. The summed E-state index contributed by atoms with van der Waals surface area (Å²) < 4.78 is 28.6. The second-order valence-corrected chi connectivity index (χ2v) is 12.7. The third-order valence-corrected chi connectivity index (χ3v) is 10.0. The van der Waals surface area contributed by atoms with Crippen LogP contribution in [0.25, 0.3) is 0 Å². The largest absolute Gasteiger partial charge is 0.349 e. The lowest BCUT2D eigenvalue weighted by Crippen LogP contribution is -2.61. The molecule has 0 heterocycles. The second-order valence-electron chi connectivity index (χ2n) is 10.5. The molecule has 4 saturated carbocycles. The Labute approximate surface area is 201 Å². The SMILES string of the molecule is Cc1ccc(S(=O)(=O)N(CC(=O)NC23CC4CC(CC(C4)C2)C3)c2cccc(Cl)c2C)cc1. The van der Waals surface area contributed by atoms with E-state index in [9.17, 15) is 13.2 Å². The first-order valence-corrected chi connectivity index (χ1v) is 13.6. The van der Waals surface area contributed by atoms with Gasteiger partial charge in [-0.05, 0) is 100.0 Å². The summed E-state index contributed by atoms with van der Waals surface area (Å²) >= 11 is 6.33. The standard InChI is InChI=1S/C26H31ClN2O3S/c1-17-6-8-22(9-7-17)33(31,32)29(24-5-3-4-23(27)18(24)2)16-25(30)28-26-13-19-10-20(14-26)12-21(11-19)15-26/h3-9,19-21H,10-16H2,1-2H3,(H,28,30). The number of hydrogen-bond acceptors (Lipinski definition) is 3. The number of aryl methyl sites for hydroxylation is 1. The van der Waals surface area contributed by atoms with Crippen LogP contribution in [0.1, 0.15) is 49.7 Å². The van der Waals surface area contributed by atoms with Gasteiger partial charge in [0.25, 0.3) is 10.0 Å². The van der Waals surface area contributed by atoms with Crippen molar-refractivity contribution in [2.24, 2.45) is 17.8 Å². The van der Waals surface area contributed by atoms with Crippen molar-refractivity contribution in [1.82, 2.24) is 5.32 Å². The van der Waals surface area contributed by atoms with Crippen LogP contribution in [0.5, 0.6) is 0 Å². The zero-order valence-electron chi connectivity index (χ0n) is 19.2. The monoisotopic (exact) mass is 486 g/mol. The summed E-state index contributed by atoms with van der Waals surface area (Å²) in [5.74, 6) is 1.84. The van der Waals surface area contributed by atoms with Crippen LogP contribution in [0.3, 0.4) is 0 Å². The van der Waals surface area contributed by atoms with E-state index in [1.165, 1.54) is 23.6 Å². The molecule has 0 aliphatic heterocycles. The van der Waals surface area contributed by atoms with E-state index >= 15 is 0 Å². The molecule has 4 aliphatic carbocycles. The summed E-state index contributed by atoms with van der Waals surface area (Å²) in [5.41, 5.74) is 1.87. The Balaban J connectivity index is 1.45. The van der Waals surface area contributed by atoms with Crippen LogP contribution in [-0.4, -0.2) is 26.4 Å². The zero-order valence-corrected chi connectivity index (χ0v) is 20.8. The molecule has 0 saturated heterocycles. The zero-order chi connectivity index (χ0) is 23.4. The summed E-state index contributed by atoms with van der Waals surface area (Å²) in [6, 6.07) is 11.9. The van der Waals surface area contributed by atoms with Gasteiger partial charge in [-0.2, -0.15) is 0 Å². The highest BCUT2D eigenvalue weighted by Gasteiger charge is 2.51. The van der Waals surface area contributed by atoms with Crippen molar-refractivity contribution in [1.29, 1.82) is 0 Å². The van der Waals surface area contributed by atoms with Gasteiger partial charge in [0.2, 0.25) is 5.91 Å². The highest BCUT2D eigenvalue weighted by atomic mass is 35.5. The average molecular weight is 487 g/mol. The van der Waals surface area contributed by atoms with Gasteiger partial charge in [-0.3, -0.25) is 9.10 Å². The number of halogens is 1. The van der Waals surface area contributed by atoms with Crippen LogP contribution in [0.2, 0.25) is 5.02 Å². The summed E-state index contributed by atoms with van der Waals surface area (Å²) in [6.07, 6.45) is 6.91. The Morgan fingerprint density at radius 1 is 1.00 bits per heavy atom. The molecule has 0 atom stereocenters. The molecule has 0 unspecified atom stereocenters. The summed E-state index contributed by atoms with van der Waals surface area (Å²) in [6.45, 7) is 3.43. The van der Waals surface area contributed by atoms with E-state index in [1.807, 2.05) is 6.92 Å². The number of rotatable bonds is 6. The molecule has 2 aromatic rings. The third kappa shape index (κ3) is 4.28. The smallest absolute Gasteiger partial charge is 0.264 e. The number of nitrogens with zero attached hydrogens (tertiary/aromatic N) is 1. The molecule has 7 heteroatoms. The van der Waals surface area contributed by atoms with Gasteiger partial charge in [0.1, 0.15) is 6.54 Å². The Hall–Kier alpha value is -2.05. The first kappa shape index (κ1) is 22.7. The van der Waals surface area contributed by atoms with Crippen molar-refractivity contribution >= 4 is 33.2 Å². The van der Waals surface area contributed by atoms with Gasteiger partial charge in [0.05, 0.1) is 10.6 Å². The average Bonchev–Trinajstić information content (AvgIpc) is 2.73. The normalized spacial score (nSPS) is 28.0. The number of amides is 1.